The van der Waals surface area contributed by atoms with Crippen molar-refractivity contribution >= 4 is 5.78 Å². The van der Waals surface area contributed by atoms with Crippen LogP contribution in [0.1, 0.15) is 32.6 Å². The lowest BCUT2D eigenvalue weighted by Crippen LogP contribution is -2.03. The zero-order chi connectivity index (χ0) is 8.27. The predicted octanol–water partition coefficient (Wildman–Crippen LogP) is 2.57. The van der Waals surface area contributed by atoms with Crippen molar-refractivity contribution in [3.8, 4) is 0 Å². The van der Waals surface area contributed by atoms with Crippen molar-refractivity contribution in [2.45, 2.75) is 32.6 Å². The molecular formula is C10H16O. The fourth-order valence-electron chi connectivity index (χ4n) is 1.81. The van der Waals surface area contributed by atoms with Gasteiger partial charge in [0.1, 0.15) is 5.78 Å². The maximum Gasteiger partial charge on any atom is 0.136 e. The summed E-state index contributed by atoms with van der Waals surface area (Å²) in [5.41, 5.74) is 0. The second-order valence-electron chi connectivity index (χ2n) is 3.40. The average molecular weight is 152 g/mol. The normalized spacial score (nSPS) is 30.8. The van der Waals surface area contributed by atoms with E-state index in [9.17, 15) is 4.79 Å². The average Bonchev–Trinajstić information content (AvgIpc) is 2.33. The fourth-order valence-corrected chi connectivity index (χ4v) is 1.81. The van der Waals surface area contributed by atoms with Crippen LogP contribution in [0.3, 0.4) is 0 Å². The van der Waals surface area contributed by atoms with E-state index in [1.165, 1.54) is 0 Å². The van der Waals surface area contributed by atoms with Crippen molar-refractivity contribution in [3.05, 3.63) is 12.7 Å². The number of hydrogen-bond donors (Lipinski definition) is 0. The lowest BCUT2D eigenvalue weighted by molar-refractivity contribution is -0.120. The summed E-state index contributed by atoms with van der Waals surface area (Å²) in [5, 5.41) is 0. The summed E-state index contributed by atoms with van der Waals surface area (Å²) in [6, 6.07) is 0. The smallest absolute Gasteiger partial charge is 0.136 e. The van der Waals surface area contributed by atoms with E-state index in [-0.39, 0.29) is 0 Å². The zero-order valence-electron chi connectivity index (χ0n) is 7.18. The number of ketones is 1. The number of rotatable bonds is 3. The van der Waals surface area contributed by atoms with Gasteiger partial charge in [-0.05, 0) is 18.8 Å². The first-order valence-corrected chi connectivity index (χ1v) is 4.41. The van der Waals surface area contributed by atoms with Crippen LogP contribution < -0.4 is 0 Å². The lowest BCUT2D eigenvalue weighted by atomic mass is 10.0. The van der Waals surface area contributed by atoms with Crippen molar-refractivity contribution in [1.29, 1.82) is 0 Å². The van der Waals surface area contributed by atoms with E-state index in [0.29, 0.717) is 17.6 Å². The molecule has 0 bridgehead atoms. The zero-order valence-corrected chi connectivity index (χ0v) is 7.18. The largest absolute Gasteiger partial charge is 0.299 e. The molecule has 1 fully saturated rings. The van der Waals surface area contributed by atoms with E-state index >= 15 is 0 Å². The van der Waals surface area contributed by atoms with E-state index < -0.39 is 0 Å². The molecule has 1 saturated carbocycles. The van der Waals surface area contributed by atoms with Crippen LogP contribution in [0.15, 0.2) is 12.7 Å². The van der Waals surface area contributed by atoms with Gasteiger partial charge in [0.05, 0.1) is 0 Å². The Morgan fingerprint density at radius 1 is 1.73 bits per heavy atom. The SMILES string of the molecule is C=CCC1CC(CC)CC1=O. The first kappa shape index (κ1) is 8.51. The minimum absolute atomic E-state index is 0.303. The maximum absolute atomic E-state index is 11.3. The van der Waals surface area contributed by atoms with Gasteiger partial charge in [-0.2, -0.15) is 0 Å². The van der Waals surface area contributed by atoms with E-state index in [1.807, 2.05) is 6.08 Å². The standard InChI is InChI=1S/C10H16O/c1-3-5-9-6-8(4-2)7-10(9)11/h3,8-9H,1,4-7H2,2H3. The molecule has 1 aliphatic rings. The van der Waals surface area contributed by atoms with Crippen LogP contribution in [0.4, 0.5) is 0 Å². The van der Waals surface area contributed by atoms with Gasteiger partial charge < -0.3 is 0 Å². The van der Waals surface area contributed by atoms with Gasteiger partial charge in [-0.15, -0.1) is 6.58 Å². The molecule has 0 aromatic rings. The third kappa shape index (κ3) is 1.92. The van der Waals surface area contributed by atoms with Crippen LogP contribution in [0.25, 0.3) is 0 Å². The van der Waals surface area contributed by atoms with Gasteiger partial charge in [-0.1, -0.05) is 19.4 Å². The Bertz CT molecular complexity index is 160. The Labute approximate surface area is 68.5 Å². The summed E-state index contributed by atoms with van der Waals surface area (Å²) in [6.07, 6.45) is 5.81. The number of Topliss-reactive ketones (excluding diaryl/α,β-unsaturated/α-hetero) is 1. The summed E-state index contributed by atoms with van der Waals surface area (Å²) >= 11 is 0. The summed E-state index contributed by atoms with van der Waals surface area (Å²) in [6.45, 7) is 5.82. The molecule has 0 saturated heterocycles. The quantitative estimate of drug-likeness (QED) is 0.568. The molecule has 62 valence electrons. The fraction of sp³-hybridized carbons (Fsp3) is 0.700. The Hall–Kier alpha value is -0.590. The van der Waals surface area contributed by atoms with Gasteiger partial charge in [0, 0.05) is 12.3 Å². The van der Waals surface area contributed by atoms with Gasteiger partial charge in [-0.25, -0.2) is 0 Å². The summed E-state index contributed by atoms with van der Waals surface area (Å²) in [5.74, 6) is 1.42. The summed E-state index contributed by atoms with van der Waals surface area (Å²) < 4.78 is 0. The monoisotopic (exact) mass is 152 g/mol. The maximum atomic E-state index is 11.3. The van der Waals surface area contributed by atoms with Crippen LogP contribution in [0.5, 0.6) is 0 Å². The second kappa shape index (κ2) is 3.70. The van der Waals surface area contributed by atoms with Crippen molar-refractivity contribution in [2.24, 2.45) is 11.8 Å². The van der Waals surface area contributed by atoms with Crippen LogP contribution in [-0.4, -0.2) is 5.78 Å². The van der Waals surface area contributed by atoms with E-state index in [2.05, 4.69) is 13.5 Å². The van der Waals surface area contributed by atoms with Crippen LogP contribution >= 0.6 is 0 Å². The first-order chi connectivity index (χ1) is 5.27. The van der Waals surface area contributed by atoms with Crippen molar-refractivity contribution in [2.75, 3.05) is 0 Å². The predicted molar refractivity (Wildman–Crippen MR) is 46.3 cm³/mol. The Kier molecular flexibility index (Phi) is 2.86. The molecule has 1 rings (SSSR count). The molecule has 2 unspecified atom stereocenters. The van der Waals surface area contributed by atoms with Crippen molar-refractivity contribution in [1.82, 2.24) is 0 Å². The molecule has 0 amide bonds. The second-order valence-corrected chi connectivity index (χ2v) is 3.40. The molecule has 0 aromatic heterocycles. The minimum atomic E-state index is 0.303. The third-order valence-electron chi connectivity index (χ3n) is 2.59. The highest BCUT2D eigenvalue weighted by atomic mass is 16.1. The molecule has 0 N–H and O–H groups in total. The third-order valence-corrected chi connectivity index (χ3v) is 2.59. The van der Waals surface area contributed by atoms with Crippen LogP contribution in [-0.2, 0) is 4.79 Å². The molecule has 2 atom stereocenters. The topological polar surface area (TPSA) is 17.1 Å². The minimum Gasteiger partial charge on any atom is -0.299 e. The van der Waals surface area contributed by atoms with Gasteiger partial charge in [0.15, 0.2) is 0 Å². The van der Waals surface area contributed by atoms with Gasteiger partial charge in [0.2, 0.25) is 0 Å². The Balaban J connectivity index is 2.44. The highest BCUT2D eigenvalue weighted by Crippen LogP contribution is 2.31. The number of carbonyl (C=O) groups is 1. The number of carbonyl (C=O) groups excluding carboxylic acids is 1. The molecule has 1 aliphatic carbocycles. The van der Waals surface area contributed by atoms with Gasteiger partial charge in [0.25, 0.3) is 0 Å². The molecule has 11 heavy (non-hydrogen) atoms. The van der Waals surface area contributed by atoms with Crippen molar-refractivity contribution < 1.29 is 4.79 Å². The molecule has 1 heteroatoms. The molecular weight excluding hydrogens is 136 g/mol. The van der Waals surface area contributed by atoms with Crippen molar-refractivity contribution in [3.63, 3.8) is 0 Å². The number of allylic oxidation sites excluding steroid dienone is 1. The Morgan fingerprint density at radius 3 is 2.91 bits per heavy atom. The molecule has 0 radical (unpaired) electrons. The molecule has 0 aliphatic heterocycles. The summed E-state index contributed by atoms with van der Waals surface area (Å²) in [4.78, 5) is 11.3. The van der Waals surface area contributed by atoms with Crippen LogP contribution in [0, 0.1) is 11.8 Å². The molecule has 0 spiro atoms. The highest BCUT2D eigenvalue weighted by molar-refractivity contribution is 5.83. The Morgan fingerprint density at radius 2 is 2.45 bits per heavy atom. The number of hydrogen-bond acceptors (Lipinski definition) is 1. The van der Waals surface area contributed by atoms with E-state index in [0.717, 1.165) is 25.7 Å². The molecule has 1 nitrogen and oxygen atoms in total. The van der Waals surface area contributed by atoms with E-state index in [4.69, 9.17) is 0 Å². The summed E-state index contributed by atoms with van der Waals surface area (Å²) in [7, 11) is 0. The molecule has 0 heterocycles. The van der Waals surface area contributed by atoms with Gasteiger partial charge in [-0.3, -0.25) is 4.79 Å². The lowest BCUT2D eigenvalue weighted by Gasteiger charge is -2.04. The van der Waals surface area contributed by atoms with E-state index in [1.54, 1.807) is 0 Å². The molecule has 0 aromatic carbocycles. The first-order valence-electron chi connectivity index (χ1n) is 4.41. The van der Waals surface area contributed by atoms with Gasteiger partial charge >= 0.3 is 0 Å². The highest BCUT2D eigenvalue weighted by Gasteiger charge is 2.29. The van der Waals surface area contributed by atoms with Crippen LogP contribution in [0.2, 0.25) is 0 Å².